The third-order valence-electron chi connectivity index (χ3n) is 1.76. The van der Waals surface area contributed by atoms with Crippen molar-refractivity contribution in [2.45, 2.75) is 25.9 Å². The Hall–Kier alpha value is -0.0800. The third-order valence-corrected chi connectivity index (χ3v) is 1.76. The molecule has 0 aromatic heterocycles. The van der Waals surface area contributed by atoms with Gasteiger partial charge in [-0.1, -0.05) is 0 Å². The van der Waals surface area contributed by atoms with Crippen LogP contribution in [0.3, 0.4) is 0 Å². The van der Waals surface area contributed by atoms with Crippen LogP contribution in [-0.4, -0.2) is 24.4 Å². The van der Waals surface area contributed by atoms with Gasteiger partial charge in [-0.05, 0) is 25.7 Å². The number of aliphatic hydroxyl groups is 1. The maximum Gasteiger partial charge on any atom is 0.0701 e. The maximum absolute atomic E-state index is 8.39. The second-order valence-corrected chi connectivity index (χ2v) is 2.64. The predicted molar refractivity (Wildman–Crippen MR) is 35.2 cm³/mol. The highest BCUT2D eigenvalue weighted by molar-refractivity contribution is 4.78. The lowest BCUT2D eigenvalue weighted by atomic mass is 10.3. The van der Waals surface area contributed by atoms with Crippen LogP contribution < -0.4 is 0 Å². The summed E-state index contributed by atoms with van der Waals surface area (Å²) in [5, 5.41) is 8.39. The average Bonchev–Trinajstić information content (AvgIpc) is 2.63. The molecule has 2 heteroatoms. The van der Waals surface area contributed by atoms with E-state index in [-0.39, 0.29) is 6.61 Å². The van der Waals surface area contributed by atoms with Crippen molar-refractivity contribution in [3.8, 4) is 0 Å². The van der Waals surface area contributed by atoms with Crippen LogP contribution in [0.4, 0.5) is 0 Å². The number of hydrogen-bond acceptors (Lipinski definition) is 2. The van der Waals surface area contributed by atoms with Gasteiger partial charge in [-0.3, -0.25) is 0 Å². The zero-order valence-corrected chi connectivity index (χ0v) is 5.84. The lowest BCUT2D eigenvalue weighted by Crippen LogP contribution is -2.12. The number of hydrogen-bond donors (Lipinski definition) is 1. The molecule has 2 nitrogen and oxygen atoms in total. The van der Waals surface area contributed by atoms with Crippen LogP contribution in [0.2, 0.25) is 0 Å². The first-order chi connectivity index (χ1) is 4.34. The van der Waals surface area contributed by atoms with Crippen molar-refractivity contribution < 1.29 is 9.84 Å². The molecule has 1 saturated carbocycles. The van der Waals surface area contributed by atoms with Crippen LogP contribution in [0.25, 0.3) is 0 Å². The maximum atomic E-state index is 8.39. The van der Waals surface area contributed by atoms with Gasteiger partial charge in [0.05, 0.1) is 19.3 Å². The van der Waals surface area contributed by atoms with E-state index in [4.69, 9.17) is 9.84 Å². The van der Waals surface area contributed by atoms with Crippen molar-refractivity contribution in [1.29, 1.82) is 0 Å². The van der Waals surface area contributed by atoms with Crippen LogP contribution in [-0.2, 0) is 4.74 Å². The molecular formula is C7H14O2. The van der Waals surface area contributed by atoms with E-state index >= 15 is 0 Å². The summed E-state index contributed by atoms with van der Waals surface area (Å²) in [7, 11) is 0. The summed E-state index contributed by atoms with van der Waals surface area (Å²) in [5.74, 6) is 0.788. The molecule has 0 heterocycles. The van der Waals surface area contributed by atoms with E-state index in [1.54, 1.807) is 0 Å². The standard InChI is InChI=1S/C7H14O2/c1-6(7-2-3-7)9-5-4-8/h6-8H,2-5H2,1H3. The molecule has 0 aliphatic heterocycles. The first-order valence-electron chi connectivity index (χ1n) is 3.57. The molecule has 0 bridgehead atoms. The van der Waals surface area contributed by atoms with E-state index in [2.05, 4.69) is 6.92 Å². The molecule has 1 fully saturated rings. The van der Waals surface area contributed by atoms with E-state index in [1.807, 2.05) is 0 Å². The fourth-order valence-corrected chi connectivity index (χ4v) is 0.940. The number of rotatable bonds is 4. The van der Waals surface area contributed by atoms with Crippen molar-refractivity contribution in [3.63, 3.8) is 0 Å². The minimum Gasteiger partial charge on any atom is -0.394 e. The molecular weight excluding hydrogens is 116 g/mol. The Bertz CT molecular complexity index is 79.0. The van der Waals surface area contributed by atoms with Crippen molar-refractivity contribution in [2.24, 2.45) is 5.92 Å². The fraction of sp³-hybridized carbons (Fsp3) is 1.00. The van der Waals surface area contributed by atoms with Crippen LogP contribution in [0.5, 0.6) is 0 Å². The molecule has 1 atom stereocenters. The Kier molecular flexibility index (Phi) is 2.49. The van der Waals surface area contributed by atoms with Crippen LogP contribution in [0, 0.1) is 5.92 Å². The molecule has 0 amide bonds. The Labute approximate surface area is 55.8 Å². The topological polar surface area (TPSA) is 29.5 Å². The number of ether oxygens (including phenoxy) is 1. The predicted octanol–water partition coefficient (Wildman–Crippen LogP) is 0.794. The zero-order chi connectivity index (χ0) is 6.69. The summed E-state index contributed by atoms with van der Waals surface area (Å²) in [5.41, 5.74) is 0. The van der Waals surface area contributed by atoms with E-state index in [0.717, 1.165) is 5.92 Å². The third kappa shape index (κ3) is 2.33. The van der Waals surface area contributed by atoms with Crippen LogP contribution >= 0.6 is 0 Å². The van der Waals surface area contributed by atoms with Gasteiger partial charge in [0.2, 0.25) is 0 Å². The first-order valence-corrected chi connectivity index (χ1v) is 3.57. The second-order valence-electron chi connectivity index (χ2n) is 2.64. The second kappa shape index (κ2) is 3.18. The van der Waals surface area contributed by atoms with Crippen molar-refractivity contribution in [2.75, 3.05) is 13.2 Å². The molecule has 9 heavy (non-hydrogen) atoms. The van der Waals surface area contributed by atoms with E-state index in [9.17, 15) is 0 Å². The van der Waals surface area contributed by atoms with Gasteiger partial charge in [-0.2, -0.15) is 0 Å². The average molecular weight is 130 g/mol. The summed E-state index contributed by atoms with van der Waals surface area (Å²) in [4.78, 5) is 0. The Morgan fingerprint density at radius 2 is 2.33 bits per heavy atom. The van der Waals surface area contributed by atoms with Gasteiger partial charge in [0, 0.05) is 0 Å². The summed E-state index contributed by atoms with van der Waals surface area (Å²) in [6.07, 6.45) is 3.00. The molecule has 0 radical (unpaired) electrons. The summed E-state index contributed by atoms with van der Waals surface area (Å²) >= 11 is 0. The minimum absolute atomic E-state index is 0.150. The van der Waals surface area contributed by atoms with Crippen LogP contribution in [0.15, 0.2) is 0 Å². The van der Waals surface area contributed by atoms with Gasteiger partial charge in [0.1, 0.15) is 0 Å². The van der Waals surface area contributed by atoms with Gasteiger partial charge in [0.15, 0.2) is 0 Å². The van der Waals surface area contributed by atoms with Crippen molar-refractivity contribution in [3.05, 3.63) is 0 Å². The Morgan fingerprint density at radius 1 is 1.67 bits per heavy atom. The molecule has 0 aromatic rings. The lowest BCUT2D eigenvalue weighted by Gasteiger charge is -2.09. The van der Waals surface area contributed by atoms with Crippen LogP contribution in [0.1, 0.15) is 19.8 Å². The van der Waals surface area contributed by atoms with Crippen molar-refractivity contribution >= 4 is 0 Å². The molecule has 1 aliphatic carbocycles. The highest BCUT2D eigenvalue weighted by atomic mass is 16.5. The molecule has 1 aliphatic rings. The minimum atomic E-state index is 0.150. The molecule has 1 N–H and O–H groups in total. The number of aliphatic hydroxyl groups excluding tert-OH is 1. The quantitative estimate of drug-likeness (QED) is 0.609. The van der Waals surface area contributed by atoms with E-state index in [1.165, 1.54) is 12.8 Å². The normalized spacial score (nSPS) is 22.0. The largest absolute Gasteiger partial charge is 0.394 e. The van der Waals surface area contributed by atoms with Gasteiger partial charge in [0.25, 0.3) is 0 Å². The highest BCUT2D eigenvalue weighted by Gasteiger charge is 2.28. The molecule has 0 aromatic carbocycles. The molecule has 1 unspecified atom stereocenters. The summed E-state index contributed by atoms with van der Waals surface area (Å²) in [6.45, 7) is 2.72. The van der Waals surface area contributed by atoms with Gasteiger partial charge in [-0.15, -0.1) is 0 Å². The molecule has 0 saturated heterocycles. The Morgan fingerprint density at radius 3 is 2.78 bits per heavy atom. The smallest absolute Gasteiger partial charge is 0.0701 e. The summed E-state index contributed by atoms with van der Waals surface area (Å²) in [6, 6.07) is 0. The highest BCUT2D eigenvalue weighted by Crippen LogP contribution is 2.33. The zero-order valence-electron chi connectivity index (χ0n) is 5.84. The fourth-order valence-electron chi connectivity index (χ4n) is 0.940. The molecule has 54 valence electrons. The van der Waals surface area contributed by atoms with Gasteiger partial charge >= 0.3 is 0 Å². The van der Waals surface area contributed by atoms with Gasteiger partial charge < -0.3 is 9.84 Å². The monoisotopic (exact) mass is 130 g/mol. The Balaban J connectivity index is 1.96. The van der Waals surface area contributed by atoms with Gasteiger partial charge in [-0.25, -0.2) is 0 Å². The van der Waals surface area contributed by atoms with E-state index < -0.39 is 0 Å². The lowest BCUT2D eigenvalue weighted by molar-refractivity contribution is 0.0273. The SMILES string of the molecule is CC(OCCO)C1CC1. The molecule has 0 spiro atoms. The first kappa shape index (κ1) is 7.03. The van der Waals surface area contributed by atoms with Crippen molar-refractivity contribution in [1.82, 2.24) is 0 Å². The van der Waals surface area contributed by atoms with E-state index in [0.29, 0.717) is 12.7 Å². The summed E-state index contributed by atoms with van der Waals surface area (Å²) < 4.78 is 5.27. The molecule has 1 rings (SSSR count).